The molecular formula is C21H25ClN2O4S2. The first kappa shape index (κ1) is 22.9. The van der Waals surface area contributed by atoms with E-state index in [1.165, 1.54) is 29.6 Å². The van der Waals surface area contributed by atoms with Gasteiger partial charge in [-0.3, -0.25) is 4.79 Å². The minimum Gasteiger partial charge on any atom is -0.496 e. The van der Waals surface area contributed by atoms with Crippen LogP contribution < -0.4 is 10.1 Å². The number of methoxy groups -OCH3 is 1. The van der Waals surface area contributed by atoms with Gasteiger partial charge in [-0.2, -0.15) is 16.1 Å². The van der Waals surface area contributed by atoms with Crippen LogP contribution >= 0.6 is 23.4 Å². The number of halogens is 1. The smallest absolute Gasteiger partial charge is 0.255 e. The van der Waals surface area contributed by atoms with Gasteiger partial charge in [-0.05, 0) is 42.7 Å². The van der Waals surface area contributed by atoms with E-state index in [1.807, 2.05) is 24.3 Å². The van der Waals surface area contributed by atoms with Crippen molar-refractivity contribution in [2.24, 2.45) is 0 Å². The van der Waals surface area contributed by atoms with E-state index in [2.05, 4.69) is 5.32 Å². The predicted molar refractivity (Wildman–Crippen MR) is 121 cm³/mol. The van der Waals surface area contributed by atoms with E-state index in [0.717, 1.165) is 29.2 Å². The fourth-order valence-electron chi connectivity index (χ4n) is 3.23. The Labute approximate surface area is 187 Å². The number of amides is 1. The Bertz CT molecular complexity index is 992. The summed E-state index contributed by atoms with van der Waals surface area (Å²) in [6.45, 7) is 1.47. The van der Waals surface area contributed by atoms with E-state index in [4.69, 9.17) is 16.3 Å². The van der Waals surface area contributed by atoms with Gasteiger partial charge in [-0.15, -0.1) is 0 Å². The zero-order valence-corrected chi connectivity index (χ0v) is 19.2. The Hall–Kier alpha value is -1.74. The van der Waals surface area contributed by atoms with Gasteiger partial charge >= 0.3 is 0 Å². The molecule has 0 bridgehead atoms. The third-order valence-corrected chi connectivity index (χ3v) is 8.14. The number of carbonyl (C=O) groups excluding carboxylic acids is 1. The van der Waals surface area contributed by atoms with E-state index < -0.39 is 10.0 Å². The highest BCUT2D eigenvalue weighted by molar-refractivity contribution is 7.98. The first-order valence-corrected chi connectivity index (χ1v) is 12.7. The number of benzene rings is 2. The number of nitrogens with one attached hydrogen (secondary N) is 1. The molecule has 1 heterocycles. The number of sulfonamides is 1. The van der Waals surface area contributed by atoms with E-state index in [9.17, 15) is 13.2 Å². The lowest BCUT2D eigenvalue weighted by molar-refractivity contribution is 0.0953. The highest BCUT2D eigenvalue weighted by atomic mass is 35.5. The highest BCUT2D eigenvalue weighted by Crippen LogP contribution is 2.26. The quantitative estimate of drug-likeness (QED) is 0.566. The average molecular weight is 469 g/mol. The van der Waals surface area contributed by atoms with Crippen molar-refractivity contribution in [1.29, 1.82) is 0 Å². The molecule has 1 amide bonds. The maximum absolute atomic E-state index is 12.8. The summed E-state index contributed by atoms with van der Waals surface area (Å²) in [4.78, 5) is 12.8. The molecule has 0 aliphatic carbocycles. The summed E-state index contributed by atoms with van der Waals surface area (Å²) < 4.78 is 32.3. The molecule has 162 valence electrons. The largest absolute Gasteiger partial charge is 0.496 e. The molecule has 2 aromatic rings. The van der Waals surface area contributed by atoms with E-state index in [-0.39, 0.29) is 16.4 Å². The van der Waals surface area contributed by atoms with Crippen LogP contribution in [-0.4, -0.2) is 51.1 Å². The Morgan fingerprint density at radius 1 is 1.20 bits per heavy atom. The third kappa shape index (κ3) is 5.49. The van der Waals surface area contributed by atoms with Crippen LogP contribution in [0.5, 0.6) is 5.75 Å². The van der Waals surface area contributed by atoms with Crippen LogP contribution in [0, 0.1) is 0 Å². The second kappa shape index (κ2) is 10.5. The SMILES string of the molecule is COc1ccc(S(=O)(=O)N2CCCC2)cc1C(=O)NCCSCc1ccccc1Cl. The lowest BCUT2D eigenvalue weighted by Crippen LogP contribution is -2.29. The molecule has 0 saturated carbocycles. The second-order valence-corrected chi connectivity index (χ2v) is 10.3. The van der Waals surface area contributed by atoms with E-state index in [1.54, 1.807) is 11.8 Å². The van der Waals surface area contributed by atoms with Crippen molar-refractivity contribution in [2.45, 2.75) is 23.5 Å². The Kier molecular flexibility index (Phi) is 8.05. The van der Waals surface area contributed by atoms with Crippen LogP contribution in [0.15, 0.2) is 47.4 Å². The van der Waals surface area contributed by atoms with Crippen molar-refractivity contribution in [3.05, 3.63) is 58.6 Å². The van der Waals surface area contributed by atoms with Crippen molar-refractivity contribution in [3.8, 4) is 5.75 Å². The summed E-state index contributed by atoms with van der Waals surface area (Å²) in [7, 11) is -2.14. The molecule has 0 spiro atoms. The topological polar surface area (TPSA) is 75.7 Å². The molecule has 1 fully saturated rings. The number of thioether (sulfide) groups is 1. The van der Waals surface area contributed by atoms with Crippen molar-refractivity contribution >= 4 is 39.3 Å². The number of hydrogen-bond donors (Lipinski definition) is 1. The molecule has 6 nitrogen and oxygen atoms in total. The average Bonchev–Trinajstić information content (AvgIpc) is 3.30. The lowest BCUT2D eigenvalue weighted by Gasteiger charge is -2.17. The second-order valence-electron chi connectivity index (χ2n) is 6.87. The van der Waals surface area contributed by atoms with Crippen LogP contribution in [0.3, 0.4) is 0 Å². The number of nitrogens with zero attached hydrogens (tertiary/aromatic N) is 1. The van der Waals surface area contributed by atoms with E-state index in [0.29, 0.717) is 31.1 Å². The molecule has 0 radical (unpaired) electrons. The first-order chi connectivity index (χ1) is 14.4. The van der Waals surface area contributed by atoms with Crippen molar-refractivity contribution in [2.75, 3.05) is 32.5 Å². The van der Waals surface area contributed by atoms with Crippen LogP contribution in [0.1, 0.15) is 28.8 Å². The molecule has 1 aliphatic rings. The Morgan fingerprint density at radius 2 is 1.93 bits per heavy atom. The molecular weight excluding hydrogens is 444 g/mol. The number of carbonyl (C=O) groups is 1. The molecule has 9 heteroatoms. The van der Waals surface area contributed by atoms with Crippen LogP contribution in [0.2, 0.25) is 5.02 Å². The zero-order chi connectivity index (χ0) is 21.6. The van der Waals surface area contributed by atoms with Gasteiger partial charge in [-0.1, -0.05) is 29.8 Å². The predicted octanol–water partition coefficient (Wildman–Crippen LogP) is 3.80. The van der Waals surface area contributed by atoms with Crippen LogP contribution in [0.4, 0.5) is 0 Å². The normalized spacial score (nSPS) is 14.6. The molecule has 0 atom stereocenters. The maximum atomic E-state index is 12.8. The van der Waals surface area contributed by atoms with Gasteiger partial charge < -0.3 is 10.1 Å². The van der Waals surface area contributed by atoms with Gasteiger partial charge in [0.05, 0.1) is 17.6 Å². The number of rotatable bonds is 9. The first-order valence-electron chi connectivity index (χ1n) is 9.71. The molecule has 2 aromatic carbocycles. The van der Waals surface area contributed by atoms with Gasteiger partial charge in [0.15, 0.2) is 0 Å². The Balaban J connectivity index is 1.61. The number of ether oxygens (including phenoxy) is 1. The standard InChI is InChI=1S/C21H25ClN2O4S2/c1-28-20-9-8-17(30(26,27)24-11-4-5-12-24)14-18(20)21(25)23-10-13-29-15-16-6-2-3-7-19(16)22/h2-3,6-9,14H,4-5,10-13,15H2,1H3,(H,23,25). The van der Waals surface area contributed by atoms with Gasteiger partial charge in [0.1, 0.15) is 5.75 Å². The molecule has 1 saturated heterocycles. The minimum absolute atomic E-state index is 0.114. The van der Waals surface area contributed by atoms with Crippen molar-refractivity contribution in [1.82, 2.24) is 9.62 Å². The summed E-state index contributed by atoms with van der Waals surface area (Å²) >= 11 is 7.81. The van der Waals surface area contributed by atoms with Crippen molar-refractivity contribution < 1.29 is 17.9 Å². The summed E-state index contributed by atoms with van der Waals surface area (Å²) in [6.07, 6.45) is 1.71. The van der Waals surface area contributed by atoms with Gasteiger partial charge in [0.25, 0.3) is 5.91 Å². The molecule has 0 aromatic heterocycles. The van der Waals surface area contributed by atoms with E-state index >= 15 is 0 Å². The lowest BCUT2D eigenvalue weighted by atomic mass is 10.2. The fourth-order valence-corrected chi connectivity index (χ4v) is 5.92. The molecule has 0 unspecified atom stereocenters. The molecule has 1 aliphatic heterocycles. The number of hydrogen-bond acceptors (Lipinski definition) is 5. The minimum atomic E-state index is -3.60. The summed E-state index contributed by atoms with van der Waals surface area (Å²) in [5.41, 5.74) is 1.27. The Morgan fingerprint density at radius 3 is 2.63 bits per heavy atom. The maximum Gasteiger partial charge on any atom is 0.255 e. The summed E-state index contributed by atoms with van der Waals surface area (Å²) in [5.74, 6) is 1.44. The summed E-state index contributed by atoms with van der Waals surface area (Å²) in [5, 5.41) is 3.57. The van der Waals surface area contributed by atoms with Gasteiger partial charge in [-0.25, -0.2) is 8.42 Å². The van der Waals surface area contributed by atoms with Crippen LogP contribution in [-0.2, 0) is 15.8 Å². The molecule has 30 heavy (non-hydrogen) atoms. The molecule has 3 rings (SSSR count). The third-order valence-electron chi connectivity index (χ3n) is 4.87. The zero-order valence-electron chi connectivity index (χ0n) is 16.8. The summed E-state index contributed by atoms with van der Waals surface area (Å²) in [6, 6.07) is 12.1. The van der Waals surface area contributed by atoms with Gasteiger partial charge in [0.2, 0.25) is 10.0 Å². The van der Waals surface area contributed by atoms with Crippen molar-refractivity contribution in [3.63, 3.8) is 0 Å². The molecule has 1 N–H and O–H groups in total. The highest BCUT2D eigenvalue weighted by Gasteiger charge is 2.28. The monoisotopic (exact) mass is 468 g/mol. The van der Waals surface area contributed by atoms with Crippen LogP contribution in [0.25, 0.3) is 0 Å². The fraction of sp³-hybridized carbons (Fsp3) is 0.381. The van der Waals surface area contributed by atoms with Gasteiger partial charge in [0, 0.05) is 36.2 Å².